The Morgan fingerprint density at radius 2 is 2.04 bits per heavy atom. The van der Waals surface area contributed by atoms with Crippen LogP contribution in [0.15, 0.2) is 29.2 Å². The summed E-state index contributed by atoms with van der Waals surface area (Å²) in [5.41, 5.74) is 0.973. The summed E-state index contributed by atoms with van der Waals surface area (Å²) in [4.78, 5) is 27.3. The topological polar surface area (TPSA) is 49.4 Å². The number of nitrogens with zero attached hydrogens (tertiary/aromatic N) is 1. The smallest absolute Gasteiger partial charge is 0.227 e. The minimum absolute atomic E-state index is 0.0311. The average Bonchev–Trinajstić information content (AvgIpc) is 2.51. The zero-order valence-corrected chi connectivity index (χ0v) is 15.0. The van der Waals surface area contributed by atoms with Gasteiger partial charge in [-0.2, -0.15) is 0 Å². The highest BCUT2D eigenvalue weighted by atomic mass is 32.2. The normalized spacial score (nSPS) is 17.0. The molecule has 0 aromatic heterocycles. The Kier molecular flexibility index (Phi) is 6.51. The van der Waals surface area contributed by atoms with Crippen LogP contribution in [0.25, 0.3) is 0 Å². The lowest BCUT2D eigenvalue weighted by Crippen LogP contribution is -2.39. The average molecular weight is 334 g/mol. The molecule has 1 N–H and O–H groups in total. The van der Waals surface area contributed by atoms with Gasteiger partial charge < -0.3 is 10.2 Å². The van der Waals surface area contributed by atoms with Gasteiger partial charge in [-0.05, 0) is 24.5 Å². The molecule has 1 aromatic rings. The molecular weight excluding hydrogens is 308 g/mol. The highest BCUT2D eigenvalue weighted by Gasteiger charge is 2.26. The van der Waals surface area contributed by atoms with Crippen molar-refractivity contribution in [3.8, 4) is 0 Å². The second-order valence-corrected chi connectivity index (χ2v) is 7.91. The molecule has 1 atom stereocenters. The summed E-state index contributed by atoms with van der Waals surface area (Å²) >= 11 is 1.80. The monoisotopic (exact) mass is 334 g/mol. The minimum Gasteiger partial charge on any atom is -0.356 e. The number of para-hydroxylation sites is 1. The SMILES string of the molecule is CC(C)CCNC(=O)CCC(=O)N1C[C@H](C)Sc2ccccc21. The summed E-state index contributed by atoms with van der Waals surface area (Å²) in [6, 6.07) is 7.98. The van der Waals surface area contributed by atoms with Gasteiger partial charge in [-0.1, -0.05) is 32.9 Å². The third kappa shape index (κ3) is 5.27. The van der Waals surface area contributed by atoms with Crippen LogP contribution in [0.3, 0.4) is 0 Å². The van der Waals surface area contributed by atoms with Gasteiger partial charge in [0.1, 0.15) is 0 Å². The summed E-state index contributed by atoms with van der Waals surface area (Å²) < 4.78 is 0. The molecule has 0 fully saturated rings. The lowest BCUT2D eigenvalue weighted by molar-refractivity contribution is -0.125. The molecule has 2 rings (SSSR count). The molecule has 23 heavy (non-hydrogen) atoms. The fraction of sp³-hybridized carbons (Fsp3) is 0.556. The Morgan fingerprint density at radius 3 is 2.78 bits per heavy atom. The quantitative estimate of drug-likeness (QED) is 0.867. The van der Waals surface area contributed by atoms with E-state index >= 15 is 0 Å². The second kappa shape index (κ2) is 8.39. The number of rotatable bonds is 6. The lowest BCUT2D eigenvalue weighted by Gasteiger charge is -2.32. The first-order valence-corrected chi connectivity index (χ1v) is 9.18. The zero-order valence-electron chi connectivity index (χ0n) is 14.2. The maximum absolute atomic E-state index is 12.5. The van der Waals surface area contributed by atoms with Crippen LogP contribution in [-0.4, -0.2) is 30.2 Å². The Hall–Kier alpha value is -1.49. The summed E-state index contributed by atoms with van der Waals surface area (Å²) in [5, 5.41) is 3.26. The number of benzene rings is 1. The summed E-state index contributed by atoms with van der Waals surface area (Å²) in [7, 11) is 0. The summed E-state index contributed by atoms with van der Waals surface area (Å²) in [6.45, 7) is 7.77. The van der Waals surface area contributed by atoms with Crippen LogP contribution in [0, 0.1) is 5.92 Å². The molecule has 0 saturated heterocycles. The molecule has 1 aliphatic rings. The van der Waals surface area contributed by atoms with Crippen LogP contribution in [0.2, 0.25) is 0 Å². The first-order chi connectivity index (χ1) is 11.0. The minimum atomic E-state index is -0.0354. The molecule has 2 amide bonds. The predicted octanol–water partition coefficient (Wildman–Crippen LogP) is 3.46. The van der Waals surface area contributed by atoms with Gasteiger partial charge in [0, 0.05) is 36.1 Å². The molecule has 0 unspecified atom stereocenters. The van der Waals surface area contributed by atoms with Gasteiger partial charge in [0.15, 0.2) is 0 Å². The van der Waals surface area contributed by atoms with Crippen molar-refractivity contribution in [2.45, 2.75) is 50.2 Å². The molecule has 1 aliphatic heterocycles. The lowest BCUT2D eigenvalue weighted by atomic mass is 10.1. The van der Waals surface area contributed by atoms with Gasteiger partial charge in [-0.15, -0.1) is 11.8 Å². The van der Waals surface area contributed by atoms with Crippen molar-refractivity contribution < 1.29 is 9.59 Å². The third-order valence-corrected chi connectivity index (χ3v) is 4.99. The predicted molar refractivity (Wildman–Crippen MR) is 95.8 cm³/mol. The number of anilines is 1. The molecule has 5 heteroatoms. The van der Waals surface area contributed by atoms with E-state index in [0.29, 0.717) is 24.3 Å². The number of hydrogen-bond acceptors (Lipinski definition) is 3. The molecule has 0 aliphatic carbocycles. The van der Waals surface area contributed by atoms with Crippen molar-refractivity contribution in [3.63, 3.8) is 0 Å². The van der Waals surface area contributed by atoms with Crippen LogP contribution in [0.1, 0.15) is 40.0 Å². The van der Waals surface area contributed by atoms with E-state index in [2.05, 4.69) is 32.2 Å². The van der Waals surface area contributed by atoms with Gasteiger partial charge in [0.2, 0.25) is 11.8 Å². The number of carbonyl (C=O) groups excluding carboxylic acids is 2. The van der Waals surface area contributed by atoms with Gasteiger partial charge >= 0.3 is 0 Å². The standard InChI is InChI=1S/C18H26N2O2S/c1-13(2)10-11-19-17(21)8-9-18(22)20-12-14(3)23-16-7-5-4-6-15(16)20/h4-7,13-14H,8-12H2,1-3H3,(H,19,21)/t14-/m0/s1. The third-order valence-electron chi connectivity index (χ3n) is 3.83. The van der Waals surface area contributed by atoms with Gasteiger partial charge in [0.05, 0.1) is 5.69 Å². The second-order valence-electron chi connectivity index (χ2n) is 6.43. The van der Waals surface area contributed by atoms with Crippen molar-refractivity contribution in [1.29, 1.82) is 0 Å². The van der Waals surface area contributed by atoms with Gasteiger partial charge in [-0.25, -0.2) is 0 Å². The molecular formula is C18H26N2O2S. The molecule has 0 spiro atoms. The number of amides is 2. The molecule has 0 saturated carbocycles. The maximum Gasteiger partial charge on any atom is 0.227 e. The molecule has 0 radical (unpaired) electrons. The molecule has 1 aromatic carbocycles. The van der Waals surface area contributed by atoms with E-state index in [4.69, 9.17) is 0 Å². The van der Waals surface area contributed by atoms with Crippen molar-refractivity contribution >= 4 is 29.3 Å². The highest BCUT2D eigenvalue weighted by molar-refractivity contribution is 8.00. The van der Waals surface area contributed by atoms with E-state index in [0.717, 1.165) is 17.0 Å². The first kappa shape index (κ1) is 17.9. The molecule has 4 nitrogen and oxygen atoms in total. The number of hydrogen-bond donors (Lipinski definition) is 1. The van der Waals surface area contributed by atoms with E-state index in [9.17, 15) is 9.59 Å². The zero-order chi connectivity index (χ0) is 16.8. The highest BCUT2D eigenvalue weighted by Crippen LogP contribution is 2.38. The van der Waals surface area contributed by atoms with Crippen molar-refractivity contribution in [2.24, 2.45) is 5.92 Å². The first-order valence-electron chi connectivity index (χ1n) is 8.30. The number of fused-ring (bicyclic) bond motifs is 1. The molecule has 0 bridgehead atoms. The van der Waals surface area contributed by atoms with E-state index in [-0.39, 0.29) is 24.7 Å². The van der Waals surface area contributed by atoms with E-state index < -0.39 is 0 Å². The van der Waals surface area contributed by atoms with Gasteiger partial charge in [-0.3, -0.25) is 9.59 Å². The fourth-order valence-electron chi connectivity index (χ4n) is 2.57. The molecule has 1 heterocycles. The van der Waals surface area contributed by atoms with Crippen molar-refractivity contribution in [1.82, 2.24) is 5.32 Å². The molecule has 126 valence electrons. The summed E-state index contributed by atoms with van der Waals surface area (Å²) in [6.07, 6.45) is 1.49. The van der Waals surface area contributed by atoms with Crippen LogP contribution in [-0.2, 0) is 9.59 Å². The number of thioether (sulfide) groups is 1. The van der Waals surface area contributed by atoms with Crippen molar-refractivity contribution in [3.05, 3.63) is 24.3 Å². The van der Waals surface area contributed by atoms with Crippen LogP contribution in [0.4, 0.5) is 5.69 Å². The van der Waals surface area contributed by atoms with Crippen LogP contribution < -0.4 is 10.2 Å². The van der Waals surface area contributed by atoms with E-state index in [1.807, 2.05) is 23.1 Å². The Morgan fingerprint density at radius 1 is 1.30 bits per heavy atom. The largest absolute Gasteiger partial charge is 0.356 e. The van der Waals surface area contributed by atoms with Crippen LogP contribution >= 0.6 is 11.8 Å². The maximum atomic E-state index is 12.5. The summed E-state index contributed by atoms with van der Waals surface area (Å²) in [5.74, 6) is 0.566. The number of carbonyl (C=O) groups is 2. The van der Waals surface area contributed by atoms with Crippen molar-refractivity contribution in [2.75, 3.05) is 18.0 Å². The fourth-order valence-corrected chi connectivity index (χ4v) is 3.68. The number of nitrogens with one attached hydrogen (secondary N) is 1. The Bertz CT molecular complexity index is 560. The van der Waals surface area contributed by atoms with E-state index in [1.54, 1.807) is 11.8 Å². The Labute approximate surface area is 143 Å². The Balaban J connectivity index is 1.87. The van der Waals surface area contributed by atoms with E-state index in [1.165, 1.54) is 0 Å². The van der Waals surface area contributed by atoms with Gasteiger partial charge in [0.25, 0.3) is 0 Å². The van der Waals surface area contributed by atoms with Crippen LogP contribution in [0.5, 0.6) is 0 Å².